The number of nitrogens with zero attached hydrogens (tertiary/aromatic N) is 1. The molecule has 1 unspecified atom stereocenters. The lowest BCUT2D eigenvalue weighted by Crippen LogP contribution is -2.18. The Morgan fingerprint density at radius 1 is 0.947 bits per heavy atom. The zero-order valence-corrected chi connectivity index (χ0v) is 10.5. The van der Waals surface area contributed by atoms with E-state index in [2.05, 4.69) is 17.0 Å². The maximum absolute atomic E-state index is 13.3. The predicted octanol–water partition coefficient (Wildman–Crippen LogP) is 3.96. The van der Waals surface area contributed by atoms with Crippen molar-refractivity contribution in [2.45, 2.75) is 12.3 Å². The van der Waals surface area contributed by atoms with Gasteiger partial charge in [0.2, 0.25) is 0 Å². The molecular weight excluding hydrogens is 244 g/mol. The maximum Gasteiger partial charge on any atom is 0.159 e. The number of anilines is 1. The van der Waals surface area contributed by atoms with E-state index in [1.807, 2.05) is 18.2 Å². The van der Waals surface area contributed by atoms with Gasteiger partial charge >= 0.3 is 0 Å². The third-order valence-corrected chi connectivity index (χ3v) is 3.72. The minimum absolute atomic E-state index is 0.273. The summed E-state index contributed by atoms with van der Waals surface area (Å²) >= 11 is 0. The van der Waals surface area contributed by atoms with Crippen LogP contribution in [0.25, 0.3) is 0 Å². The van der Waals surface area contributed by atoms with Gasteiger partial charge in [-0.3, -0.25) is 0 Å². The summed E-state index contributed by atoms with van der Waals surface area (Å²) in [4.78, 5) is 2.28. The Labute approximate surface area is 111 Å². The lowest BCUT2D eigenvalue weighted by atomic mass is 9.98. The second-order valence-corrected chi connectivity index (χ2v) is 4.94. The number of halogens is 2. The minimum atomic E-state index is -0.776. The summed E-state index contributed by atoms with van der Waals surface area (Å²) in [5.41, 5.74) is 2.07. The molecule has 0 bridgehead atoms. The molecule has 2 aromatic carbocycles. The lowest BCUT2D eigenvalue weighted by Gasteiger charge is -2.18. The number of para-hydroxylation sites is 1. The van der Waals surface area contributed by atoms with Crippen LogP contribution in [0.2, 0.25) is 0 Å². The molecule has 2 aromatic rings. The Balaban J connectivity index is 1.77. The summed E-state index contributed by atoms with van der Waals surface area (Å²) in [6, 6.07) is 14.4. The number of benzene rings is 2. The third kappa shape index (κ3) is 2.46. The molecule has 0 N–H and O–H groups in total. The van der Waals surface area contributed by atoms with Gasteiger partial charge in [-0.25, -0.2) is 8.78 Å². The summed E-state index contributed by atoms with van der Waals surface area (Å²) in [5, 5.41) is 0. The highest BCUT2D eigenvalue weighted by Crippen LogP contribution is 2.31. The molecule has 1 nitrogen and oxygen atoms in total. The molecule has 3 rings (SSSR count). The SMILES string of the molecule is Fc1ccc(C2CCN(c3ccccc3)C2)cc1F. The monoisotopic (exact) mass is 259 g/mol. The molecule has 98 valence electrons. The topological polar surface area (TPSA) is 3.24 Å². The van der Waals surface area contributed by atoms with Crippen LogP contribution in [-0.2, 0) is 0 Å². The summed E-state index contributed by atoms with van der Waals surface area (Å²) in [6.07, 6.45) is 0.972. The minimum Gasteiger partial charge on any atom is -0.371 e. The molecule has 0 amide bonds. The second-order valence-electron chi connectivity index (χ2n) is 4.94. The highest BCUT2D eigenvalue weighted by atomic mass is 19.2. The van der Waals surface area contributed by atoms with Crippen LogP contribution >= 0.6 is 0 Å². The van der Waals surface area contributed by atoms with Crippen molar-refractivity contribution in [3.63, 3.8) is 0 Å². The van der Waals surface area contributed by atoms with Crippen molar-refractivity contribution in [2.75, 3.05) is 18.0 Å². The molecule has 0 aliphatic carbocycles. The van der Waals surface area contributed by atoms with Gasteiger partial charge < -0.3 is 4.90 Å². The van der Waals surface area contributed by atoms with E-state index in [0.717, 1.165) is 25.1 Å². The molecule has 0 radical (unpaired) electrons. The molecule has 0 aromatic heterocycles. The molecule has 1 saturated heterocycles. The first-order valence-corrected chi connectivity index (χ1v) is 6.49. The Kier molecular flexibility index (Phi) is 3.20. The third-order valence-electron chi connectivity index (χ3n) is 3.72. The second kappa shape index (κ2) is 5.00. The van der Waals surface area contributed by atoms with E-state index in [1.165, 1.54) is 17.8 Å². The Morgan fingerprint density at radius 2 is 1.74 bits per heavy atom. The molecule has 1 heterocycles. The van der Waals surface area contributed by atoms with Crippen molar-refractivity contribution < 1.29 is 8.78 Å². The van der Waals surface area contributed by atoms with Gasteiger partial charge in [0, 0.05) is 24.7 Å². The van der Waals surface area contributed by atoms with Crippen LogP contribution < -0.4 is 4.90 Å². The lowest BCUT2D eigenvalue weighted by molar-refractivity contribution is 0.505. The average Bonchev–Trinajstić information content (AvgIpc) is 2.93. The van der Waals surface area contributed by atoms with Gasteiger partial charge in [-0.05, 0) is 36.2 Å². The highest BCUT2D eigenvalue weighted by Gasteiger charge is 2.24. The summed E-state index contributed by atoms with van der Waals surface area (Å²) in [6.45, 7) is 1.81. The number of hydrogen-bond acceptors (Lipinski definition) is 1. The smallest absolute Gasteiger partial charge is 0.159 e. The molecule has 3 heteroatoms. The molecular formula is C16H15F2N. The quantitative estimate of drug-likeness (QED) is 0.789. The van der Waals surface area contributed by atoms with Crippen LogP contribution in [0.15, 0.2) is 48.5 Å². The zero-order valence-electron chi connectivity index (χ0n) is 10.5. The summed E-state index contributed by atoms with van der Waals surface area (Å²) in [7, 11) is 0. The average molecular weight is 259 g/mol. The molecule has 19 heavy (non-hydrogen) atoms. The van der Waals surface area contributed by atoms with Crippen molar-refractivity contribution >= 4 is 5.69 Å². The van der Waals surface area contributed by atoms with Gasteiger partial charge in [-0.2, -0.15) is 0 Å². The van der Waals surface area contributed by atoms with Gasteiger partial charge in [0.25, 0.3) is 0 Å². The fraction of sp³-hybridized carbons (Fsp3) is 0.250. The summed E-state index contributed by atoms with van der Waals surface area (Å²) in [5.74, 6) is -1.26. The van der Waals surface area contributed by atoms with E-state index < -0.39 is 11.6 Å². The van der Waals surface area contributed by atoms with Gasteiger partial charge in [0.1, 0.15) is 0 Å². The summed E-state index contributed by atoms with van der Waals surface area (Å²) < 4.78 is 26.2. The van der Waals surface area contributed by atoms with Crippen molar-refractivity contribution in [2.24, 2.45) is 0 Å². The van der Waals surface area contributed by atoms with Gasteiger partial charge in [-0.15, -0.1) is 0 Å². The maximum atomic E-state index is 13.3. The van der Waals surface area contributed by atoms with Crippen LogP contribution in [0.1, 0.15) is 17.9 Å². The van der Waals surface area contributed by atoms with E-state index in [1.54, 1.807) is 6.07 Å². The molecule has 1 atom stereocenters. The molecule has 1 fully saturated rings. The predicted molar refractivity (Wildman–Crippen MR) is 72.4 cm³/mol. The van der Waals surface area contributed by atoms with Crippen molar-refractivity contribution in [3.8, 4) is 0 Å². The van der Waals surface area contributed by atoms with Crippen LogP contribution in [0.4, 0.5) is 14.5 Å². The first kappa shape index (κ1) is 12.2. The Hall–Kier alpha value is -1.90. The molecule has 1 aliphatic heterocycles. The van der Waals surface area contributed by atoms with E-state index in [-0.39, 0.29) is 5.92 Å². The first-order valence-electron chi connectivity index (χ1n) is 6.49. The van der Waals surface area contributed by atoms with E-state index in [4.69, 9.17) is 0 Å². The van der Waals surface area contributed by atoms with E-state index in [9.17, 15) is 8.78 Å². The van der Waals surface area contributed by atoms with Crippen molar-refractivity contribution in [3.05, 3.63) is 65.7 Å². The fourth-order valence-electron chi connectivity index (χ4n) is 2.67. The molecule has 0 saturated carbocycles. The zero-order chi connectivity index (χ0) is 13.2. The Bertz CT molecular complexity index is 568. The van der Waals surface area contributed by atoms with Crippen LogP contribution in [0.5, 0.6) is 0 Å². The van der Waals surface area contributed by atoms with E-state index in [0.29, 0.717) is 0 Å². The van der Waals surface area contributed by atoms with Crippen LogP contribution in [-0.4, -0.2) is 13.1 Å². The highest BCUT2D eigenvalue weighted by molar-refractivity contribution is 5.48. The van der Waals surface area contributed by atoms with Crippen LogP contribution in [0, 0.1) is 11.6 Å². The standard InChI is InChI=1S/C16H15F2N/c17-15-7-6-12(10-16(15)18)13-8-9-19(11-13)14-4-2-1-3-5-14/h1-7,10,13H,8-9,11H2. The van der Waals surface area contributed by atoms with Gasteiger partial charge in [-0.1, -0.05) is 24.3 Å². The molecule has 0 spiro atoms. The Morgan fingerprint density at radius 3 is 2.47 bits per heavy atom. The fourth-order valence-corrected chi connectivity index (χ4v) is 2.67. The number of hydrogen-bond donors (Lipinski definition) is 0. The normalized spacial score (nSPS) is 18.8. The van der Waals surface area contributed by atoms with Gasteiger partial charge in [0.05, 0.1) is 0 Å². The van der Waals surface area contributed by atoms with E-state index >= 15 is 0 Å². The number of rotatable bonds is 2. The van der Waals surface area contributed by atoms with Crippen molar-refractivity contribution in [1.29, 1.82) is 0 Å². The largest absolute Gasteiger partial charge is 0.371 e. The van der Waals surface area contributed by atoms with Crippen molar-refractivity contribution in [1.82, 2.24) is 0 Å². The first-order chi connectivity index (χ1) is 9.24. The van der Waals surface area contributed by atoms with Gasteiger partial charge in [0.15, 0.2) is 11.6 Å². The van der Waals surface area contributed by atoms with Crippen LogP contribution in [0.3, 0.4) is 0 Å². The molecule has 1 aliphatic rings.